The molecule has 0 saturated carbocycles. The second kappa shape index (κ2) is 6.17. The standard InChI is InChI=1S/C12H18IN3S2/c1-4-8-10(13)11(14)16-12(15-8)9-5-17-6(2)7(3)18-9/h6-7,9H,4-5H2,1-3H3,(H2,14,15,16). The normalized spacial score (nSPS) is 28.3. The molecule has 100 valence electrons. The van der Waals surface area contributed by atoms with Crippen molar-refractivity contribution in [2.45, 2.75) is 42.9 Å². The summed E-state index contributed by atoms with van der Waals surface area (Å²) in [6, 6.07) is 0. The van der Waals surface area contributed by atoms with Crippen molar-refractivity contribution >= 4 is 51.9 Å². The van der Waals surface area contributed by atoms with E-state index in [-0.39, 0.29) is 0 Å². The third kappa shape index (κ3) is 3.07. The Hall–Kier alpha value is 0.310. The summed E-state index contributed by atoms with van der Waals surface area (Å²) >= 11 is 6.22. The number of aromatic nitrogens is 2. The van der Waals surface area contributed by atoms with Crippen LogP contribution in [0.5, 0.6) is 0 Å². The lowest BCUT2D eigenvalue weighted by molar-refractivity contribution is 0.840. The molecule has 1 fully saturated rings. The molecule has 1 saturated heterocycles. The molecule has 0 radical (unpaired) electrons. The fraction of sp³-hybridized carbons (Fsp3) is 0.667. The SMILES string of the molecule is CCc1nc(C2CSC(C)C(C)S2)nc(N)c1I. The average Bonchev–Trinajstić information content (AvgIpc) is 2.36. The molecule has 2 heterocycles. The summed E-state index contributed by atoms with van der Waals surface area (Å²) in [4.78, 5) is 9.19. The molecule has 3 nitrogen and oxygen atoms in total. The van der Waals surface area contributed by atoms with Crippen molar-refractivity contribution in [2.24, 2.45) is 0 Å². The second-order valence-corrected chi connectivity index (χ2v) is 8.52. The van der Waals surface area contributed by atoms with Gasteiger partial charge in [0, 0.05) is 16.3 Å². The second-order valence-electron chi connectivity index (χ2n) is 4.45. The van der Waals surface area contributed by atoms with Crippen molar-refractivity contribution in [2.75, 3.05) is 11.5 Å². The van der Waals surface area contributed by atoms with E-state index in [0.717, 1.165) is 27.3 Å². The van der Waals surface area contributed by atoms with Crippen LogP contribution < -0.4 is 5.73 Å². The van der Waals surface area contributed by atoms with Gasteiger partial charge in [0.1, 0.15) is 11.6 Å². The predicted molar refractivity (Wildman–Crippen MR) is 90.3 cm³/mol. The van der Waals surface area contributed by atoms with Gasteiger partial charge < -0.3 is 5.73 Å². The van der Waals surface area contributed by atoms with E-state index in [0.29, 0.717) is 21.6 Å². The molecule has 0 amide bonds. The molecule has 3 atom stereocenters. The van der Waals surface area contributed by atoms with Gasteiger partial charge in [-0.05, 0) is 29.0 Å². The minimum atomic E-state index is 0.380. The number of hydrogen-bond donors (Lipinski definition) is 1. The average molecular weight is 395 g/mol. The number of nitrogen functional groups attached to an aromatic ring is 1. The van der Waals surface area contributed by atoms with Crippen molar-refractivity contribution in [3.8, 4) is 0 Å². The Morgan fingerprint density at radius 2 is 2.06 bits per heavy atom. The molecule has 0 spiro atoms. The van der Waals surface area contributed by atoms with Gasteiger partial charge in [0.2, 0.25) is 0 Å². The highest BCUT2D eigenvalue weighted by Crippen LogP contribution is 2.43. The summed E-state index contributed by atoms with van der Waals surface area (Å²) in [7, 11) is 0. The van der Waals surface area contributed by atoms with Crippen molar-refractivity contribution < 1.29 is 0 Å². The highest BCUT2D eigenvalue weighted by atomic mass is 127. The summed E-state index contributed by atoms with van der Waals surface area (Å²) < 4.78 is 1.01. The minimum absolute atomic E-state index is 0.380. The summed E-state index contributed by atoms with van der Waals surface area (Å²) in [5, 5.41) is 1.73. The number of anilines is 1. The van der Waals surface area contributed by atoms with Crippen LogP contribution in [0.15, 0.2) is 0 Å². The molecule has 0 aromatic carbocycles. The first kappa shape index (κ1) is 14.7. The minimum Gasteiger partial charge on any atom is -0.383 e. The molecule has 1 aromatic heterocycles. The number of nitrogens with two attached hydrogens (primary N) is 1. The summed E-state index contributed by atoms with van der Waals surface area (Å²) in [6.45, 7) is 6.69. The van der Waals surface area contributed by atoms with Gasteiger partial charge in [0.15, 0.2) is 0 Å². The Bertz CT molecular complexity index is 442. The van der Waals surface area contributed by atoms with Gasteiger partial charge in [-0.3, -0.25) is 0 Å². The van der Waals surface area contributed by atoms with Crippen LogP contribution >= 0.6 is 46.1 Å². The lowest BCUT2D eigenvalue weighted by atomic mass is 10.3. The van der Waals surface area contributed by atoms with Crippen LogP contribution in [-0.4, -0.2) is 26.2 Å². The molecule has 3 unspecified atom stereocenters. The zero-order valence-electron chi connectivity index (χ0n) is 10.8. The van der Waals surface area contributed by atoms with E-state index in [1.165, 1.54) is 0 Å². The van der Waals surface area contributed by atoms with Gasteiger partial charge in [-0.1, -0.05) is 20.8 Å². The molecule has 2 rings (SSSR count). The van der Waals surface area contributed by atoms with Crippen molar-refractivity contribution in [1.82, 2.24) is 9.97 Å². The van der Waals surface area contributed by atoms with Crippen LogP contribution in [0.3, 0.4) is 0 Å². The van der Waals surface area contributed by atoms with Gasteiger partial charge in [-0.2, -0.15) is 11.8 Å². The maximum absolute atomic E-state index is 5.99. The van der Waals surface area contributed by atoms with Gasteiger partial charge in [-0.25, -0.2) is 9.97 Å². The van der Waals surface area contributed by atoms with E-state index in [4.69, 9.17) is 10.7 Å². The lowest BCUT2D eigenvalue weighted by Crippen LogP contribution is -2.23. The van der Waals surface area contributed by atoms with Crippen LogP contribution in [0, 0.1) is 3.57 Å². The summed E-state index contributed by atoms with van der Waals surface area (Å²) in [5.74, 6) is 2.63. The quantitative estimate of drug-likeness (QED) is 0.777. The van der Waals surface area contributed by atoms with Crippen LogP contribution in [0.4, 0.5) is 5.82 Å². The van der Waals surface area contributed by atoms with E-state index in [1.807, 2.05) is 23.5 Å². The van der Waals surface area contributed by atoms with Crippen molar-refractivity contribution in [3.63, 3.8) is 0 Å². The highest BCUT2D eigenvalue weighted by molar-refractivity contribution is 14.1. The van der Waals surface area contributed by atoms with Gasteiger partial charge in [0.05, 0.1) is 14.5 Å². The van der Waals surface area contributed by atoms with E-state index >= 15 is 0 Å². The Morgan fingerprint density at radius 1 is 1.33 bits per heavy atom. The topological polar surface area (TPSA) is 51.8 Å². The lowest BCUT2D eigenvalue weighted by Gasteiger charge is -2.30. The van der Waals surface area contributed by atoms with E-state index in [9.17, 15) is 0 Å². The number of nitrogens with zero attached hydrogens (tertiary/aromatic N) is 2. The molecular weight excluding hydrogens is 377 g/mol. The third-order valence-corrected chi connectivity index (χ3v) is 7.70. The predicted octanol–water partition coefficient (Wildman–Crippen LogP) is 3.52. The number of hydrogen-bond acceptors (Lipinski definition) is 5. The molecule has 6 heteroatoms. The maximum Gasteiger partial charge on any atom is 0.144 e. The largest absolute Gasteiger partial charge is 0.383 e. The number of thioether (sulfide) groups is 2. The first-order chi connectivity index (χ1) is 8.52. The van der Waals surface area contributed by atoms with Gasteiger partial charge in [0.25, 0.3) is 0 Å². The molecule has 1 aromatic rings. The Labute approximate surface area is 131 Å². The van der Waals surface area contributed by atoms with Gasteiger partial charge in [-0.15, -0.1) is 11.8 Å². The number of halogens is 1. The zero-order valence-corrected chi connectivity index (χ0v) is 14.6. The van der Waals surface area contributed by atoms with Crippen molar-refractivity contribution in [1.29, 1.82) is 0 Å². The fourth-order valence-electron chi connectivity index (χ4n) is 1.83. The number of aryl methyl sites for hydroxylation is 1. The van der Waals surface area contributed by atoms with Crippen LogP contribution in [0.25, 0.3) is 0 Å². The van der Waals surface area contributed by atoms with Crippen LogP contribution in [0.2, 0.25) is 0 Å². The summed E-state index contributed by atoms with van der Waals surface area (Å²) in [6.07, 6.45) is 0.911. The smallest absolute Gasteiger partial charge is 0.144 e. The third-order valence-electron chi connectivity index (χ3n) is 3.14. The molecule has 18 heavy (non-hydrogen) atoms. The zero-order chi connectivity index (χ0) is 13.3. The van der Waals surface area contributed by atoms with E-state index in [2.05, 4.69) is 48.3 Å². The molecule has 0 bridgehead atoms. The van der Waals surface area contributed by atoms with Gasteiger partial charge >= 0.3 is 0 Å². The fourth-order valence-corrected chi connectivity index (χ4v) is 5.30. The van der Waals surface area contributed by atoms with E-state index in [1.54, 1.807) is 0 Å². The van der Waals surface area contributed by atoms with Crippen LogP contribution in [-0.2, 0) is 6.42 Å². The number of rotatable bonds is 2. The molecule has 1 aliphatic heterocycles. The first-order valence-electron chi connectivity index (χ1n) is 6.11. The Balaban J connectivity index is 2.26. The van der Waals surface area contributed by atoms with Crippen LogP contribution in [0.1, 0.15) is 37.5 Å². The first-order valence-corrected chi connectivity index (χ1v) is 9.18. The summed E-state index contributed by atoms with van der Waals surface area (Å²) in [5.41, 5.74) is 7.07. The Morgan fingerprint density at radius 3 is 2.67 bits per heavy atom. The molecule has 1 aliphatic rings. The molecule has 2 N–H and O–H groups in total. The highest BCUT2D eigenvalue weighted by Gasteiger charge is 2.29. The van der Waals surface area contributed by atoms with Crippen molar-refractivity contribution in [3.05, 3.63) is 15.1 Å². The Kier molecular flexibility index (Phi) is 5.05. The monoisotopic (exact) mass is 395 g/mol. The molecule has 0 aliphatic carbocycles. The maximum atomic E-state index is 5.99. The van der Waals surface area contributed by atoms with E-state index < -0.39 is 0 Å². The molecular formula is C12H18IN3S2.